The smallest absolute Gasteiger partial charge is 0.0970 e. The molecule has 2 heterocycles. The van der Waals surface area contributed by atoms with Crippen LogP contribution in [0, 0.1) is 0 Å². The molecule has 5 heteroatoms. The first-order valence-corrected chi connectivity index (χ1v) is 7.46. The summed E-state index contributed by atoms with van der Waals surface area (Å²) in [7, 11) is 0. The third-order valence-corrected chi connectivity index (χ3v) is 4.89. The van der Waals surface area contributed by atoms with Crippen LogP contribution in [0.15, 0.2) is 24.3 Å². The van der Waals surface area contributed by atoms with Crippen molar-refractivity contribution in [1.29, 1.82) is 0 Å². The molecule has 0 spiro atoms. The Morgan fingerprint density at radius 2 is 2.00 bits per heavy atom. The number of para-hydroxylation sites is 1. The zero-order valence-electron chi connectivity index (χ0n) is 10.9. The maximum absolute atomic E-state index is 5.60. The van der Waals surface area contributed by atoms with Crippen LogP contribution in [0.2, 0.25) is 0 Å². The number of piperidine rings is 1. The first-order valence-electron chi connectivity index (χ1n) is 6.64. The normalized spacial score (nSPS) is 17.5. The summed E-state index contributed by atoms with van der Waals surface area (Å²) in [5.74, 6) is 0.649. The summed E-state index contributed by atoms with van der Waals surface area (Å²) >= 11 is 1.86. The highest BCUT2D eigenvalue weighted by Crippen LogP contribution is 2.33. The van der Waals surface area contributed by atoms with Crippen LogP contribution in [0.4, 0.5) is 0 Å². The van der Waals surface area contributed by atoms with Crippen LogP contribution in [0.5, 0.6) is 0 Å². The van der Waals surface area contributed by atoms with Gasteiger partial charge in [-0.1, -0.05) is 12.1 Å². The molecule has 3 nitrogen and oxygen atoms in total. The van der Waals surface area contributed by atoms with Gasteiger partial charge in [0.2, 0.25) is 0 Å². The molecule has 1 aromatic heterocycles. The van der Waals surface area contributed by atoms with Gasteiger partial charge in [0.25, 0.3) is 0 Å². The second-order valence-corrected chi connectivity index (χ2v) is 5.99. The molecular formula is C14H20ClN3S. The van der Waals surface area contributed by atoms with Gasteiger partial charge in [-0.3, -0.25) is 0 Å². The number of benzene rings is 1. The fraction of sp³-hybridized carbons (Fsp3) is 0.500. The second kappa shape index (κ2) is 6.66. The average Bonchev–Trinajstić information content (AvgIpc) is 2.84. The molecule has 0 atom stereocenters. The summed E-state index contributed by atoms with van der Waals surface area (Å²) in [6, 6.07) is 8.43. The number of thiazole rings is 1. The summed E-state index contributed by atoms with van der Waals surface area (Å²) in [6.07, 6.45) is 2.44. The van der Waals surface area contributed by atoms with E-state index in [0.717, 1.165) is 31.7 Å². The monoisotopic (exact) mass is 297 g/mol. The molecule has 0 amide bonds. The fourth-order valence-corrected chi connectivity index (χ4v) is 3.79. The Morgan fingerprint density at radius 1 is 1.26 bits per heavy atom. The molecule has 19 heavy (non-hydrogen) atoms. The van der Waals surface area contributed by atoms with E-state index in [4.69, 9.17) is 10.7 Å². The summed E-state index contributed by atoms with van der Waals surface area (Å²) in [4.78, 5) is 7.24. The lowest BCUT2D eigenvalue weighted by Gasteiger charge is -2.30. The van der Waals surface area contributed by atoms with Crippen molar-refractivity contribution < 1.29 is 0 Å². The lowest BCUT2D eigenvalue weighted by atomic mass is 9.97. The number of halogens is 1. The summed E-state index contributed by atoms with van der Waals surface area (Å²) in [5.41, 5.74) is 6.76. The lowest BCUT2D eigenvalue weighted by Crippen LogP contribution is -2.36. The largest absolute Gasteiger partial charge is 0.329 e. The van der Waals surface area contributed by atoms with E-state index in [-0.39, 0.29) is 12.4 Å². The molecule has 1 aliphatic heterocycles. The fourth-order valence-electron chi connectivity index (χ4n) is 2.65. The van der Waals surface area contributed by atoms with Crippen molar-refractivity contribution in [1.82, 2.24) is 9.88 Å². The standard InChI is InChI=1S/C14H19N3S.ClH/c15-7-10-17-8-5-11(6-9-17)14-16-12-3-1-2-4-13(12)18-14;/h1-4,11H,5-10,15H2;1H. The molecule has 1 fully saturated rings. The van der Waals surface area contributed by atoms with E-state index >= 15 is 0 Å². The molecule has 0 aliphatic carbocycles. The summed E-state index contributed by atoms with van der Waals surface area (Å²) in [6.45, 7) is 4.13. The third kappa shape index (κ3) is 3.26. The van der Waals surface area contributed by atoms with Gasteiger partial charge < -0.3 is 10.6 Å². The van der Waals surface area contributed by atoms with Gasteiger partial charge in [-0.25, -0.2) is 4.98 Å². The van der Waals surface area contributed by atoms with Crippen LogP contribution in [0.1, 0.15) is 23.8 Å². The van der Waals surface area contributed by atoms with Gasteiger partial charge in [0, 0.05) is 19.0 Å². The van der Waals surface area contributed by atoms with E-state index in [0.29, 0.717) is 5.92 Å². The number of fused-ring (bicyclic) bond motifs is 1. The molecule has 1 aromatic carbocycles. The predicted molar refractivity (Wildman–Crippen MR) is 84.3 cm³/mol. The minimum Gasteiger partial charge on any atom is -0.329 e. The van der Waals surface area contributed by atoms with Crippen LogP contribution >= 0.6 is 23.7 Å². The van der Waals surface area contributed by atoms with E-state index in [9.17, 15) is 0 Å². The summed E-state index contributed by atoms with van der Waals surface area (Å²) in [5, 5.41) is 1.32. The minimum atomic E-state index is 0. The second-order valence-electron chi connectivity index (χ2n) is 4.92. The van der Waals surface area contributed by atoms with Crippen molar-refractivity contribution >= 4 is 34.0 Å². The van der Waals surface area contributed by atoms with E-state index in [2.05, 4.69) is 29.2 Å². The zero-order chi connectivity index (χ0) is 12.4. The Kier molecular flexibility index (Phi) is 5.16. The molecule has 1 aliphatic rings. The van der Waals surface area contributed by atoms with Crippen molar-refractivity contribution in [3.8, 4) is 0 Å². The van der Waals surface area contributed by atoms with Crippen molar-refractivity contribution in [2.24, 2.45) is 5.73 Å². The van der Waals surface area contributed by atoms with Crippen molar-refractivity contribution in [2.75, 3.05) is 26.2 Å². The number of hydrogen-bond acceptors (Lipinski definition) is 4. The Morgan fingerprint density at radius 3 is 2.68 bits per heavy atom. The van der Waals surface area contributed by atoms with Gasteiger partial charge in [0.15, 0.2) is 0 Å². The van der Waals surface area contributed by atoms with Crippen LogP contribution in [0.3, 0.4) is 0 Å². The first kappa shape index (κ1) is 14.7. The zero-order valence-corrected chi connectivity index (χ0v) is 12.6. The number of nitrogens with zero attached hydrogens (tertiary/aromatic N) is 2. The molecule has 3 rings (SSSR count). The minimum absolute atomic E-state index is 0. The van der Waals surface area contributed by atoms with E-state index in [1.807, 2.05) is 11.3 Å². The Labute approximate surface area is 124 Å². The topological polar surface area (TPSA) is 42.1 Å². The highest BCUT2D eigenvalue weighted by atomic mass is 35.5. The highest BCUT2D eigenvalue weighted by molar-refractivity contribution is 7.18. The molecule has 1 saturated heterocycles. The molecule has 0 unspecified atom stereocenters. The number of hydrogen-bond donors (Lipinski definition) is 1. The Hall–Kier alpha value is -0.680. The SMILES string of the molecule is Cl.NCCN1CCC(c2nc3ccccc3s2)CC1. The van der Waals surface area contributed by atoms with Crippen molar-refractivity contribution in [3.05, 3.63) is 29.3 Å². The number of rotatable bonds is 3. The van der Waals surface area contributed by atoms with Crippen LogP contribution in [0.25, 0.3) is 10.2 Å². The molecule has 0 radical (unpaired) electrons. The molecular weight excluding hydrogens is 278 g/mol. The Bertz CT molecular complexity index is 487. The van der Waals surface area contributed by atoms with Gasteiger partial charge in [-0.05, 0) is 38.1 Å². The van der Waals surface area contributed by atoms with E-state index in [1.165, 1.54) is 22.5 Å². The quantitative estimate of drug-likeness (QED) is 0.947. The first-order chi connectivity index (χ1) is 8.86. The highest BCUT2D eigenvalue weighted by Gasteiger charge is 2.22. The number of nitrogens with two attached hydrogens (primary N) is 1. The van der Waals surface area contributed by atoms with Gasteiger partial charge in [-0.15, -0.1) is 23.7 Å². The lowest BCUT2D eigenvalue weighted by molar-refractivity contribution is 0.217. The van der Waals surface area contributed by atoms with E-state index < -0.39 is 0 Å². The van der Waals surface area contributed by atoms with Gasteiger partial charge >= 0.3 is 0 Å². The maximum atomic E-state index is 5.60. The van der Waals surface area contributed by atoms with Gasteiger partial charge in [0.1, 0.15) is 0 Å². The average molecular weight is 298 g/mol. The van der Waals surface area contributed by atoms with E-state index in [1.54, 1.807) is 0 Å². The van der Waals surface area contributed by atoms with Crippen LogP contribution < -0.4 is 5.73 Å². The van der Waals surface area contributed by atoms with Crippen molar-refractivity contribution in [2.45, 2.75) is 18.8 Å². The maximum Gasteiger partial charge on any atom is 0.0970 e. The predicted octanol–water partition coefficient (Wildman–Crippen LogP) is 2.86. The molecule has 2 aromatic rings. The molecule has 0 saturated carbocycles. The van der Waals surface area contributed by atoms with Gasteiger partial charge in [-0.2, -0.15) is 0 Å². The molecule has 2 N–H and O–H groups in total. The van der Waals surface area contributed by atoms with Crippen molar-refractivity contribution in [3.63, 3.8) is 0 Å². The Balaban J connectivity index is 0.00000133. The van der Waals surface area contributed by atoms with Crippen LogP contribution in [-0.2, 0) is 0 Å². The number of aromatic nitrogens is 1. The molecule has 0 bridgehead atoms. The molecule has 104 valence electrons. The summed E-state index contributed by atoms with van der Waals surface area (Å²) < 4.78 is 1.32. The third-order valence-electron chi connectivity index (χ3n) is 3.69. The number of likely N-dealkylation sites (tertiary alicyclic amines) is 1. The van der Waals surface area contributed by atoms with Crippen LogP contribution in [-0.4, -0.2) is 36.1 Å². The van der Waals surface area contributed by atoms with Gasteiger partial charge in [0.05, 0.1) is 15.2 Å².